The second-order valence-electron chi connectivity index (χ2n) is 7.45. The van der Waals surface area contributed by atoms with Gasteiger partial charge in [-0.3, -0.25) is 9.59 Å². The van der Waals surface area contributed by atoms with Gasteiger partial charge in [0.2, 0.25) is 0 Å². The quantitative estimate of drug-likeness (QED) is 0.611. The second-order valence-corrected chi connectivity index (χ2v) is 8.27. The normalized spacial score (nSPS) is 18.0. The van der Waals surface area contributed by atoms with Crippen LogP contribution < -0.4 is 10.9 Å². The molecule has 2 N–H and O–H groups in total. The fourth-order valence-corrected chi connectivity index (χ4v) is 4.36. The number of pyridine rings is 1. The van der Waals surface area contributed by atoms with Crippen molar-refractivity contribution >= 4 is 29.1 Å². The van der Waals surface area contributed by atoms with Gasteiger partial charge in [0, 0.05) is 19.2 Å². The monoisotopic (exact) mass is 442 g/mol. The lowest BCUT2D eigenvalue weighted by Crippen LogP contribution is -2.33. The van der Waals surface area contributed by atoms with Gasteiger partial charge in [0.25, 0.3) is 11.5 Å². The van der Waals surface area contributed by atoms with Crippen LogP contribution in [-0.2, 0) is 7.05 Å². The standard InChI is InChI=1S/C23H20Cl2N2O3/c1-27-11-10-17(21(28)23(27)30)22(29)26-20-9-7-14(15-4-2-3-5-16(15)20)13-6-8-18(24)19(25)12-13/h2-6,8,10-12,14,20,28H,7,9H2,1H3,(H,26,29)/t14?,20-/m0/s1. The molecule has 1 heterocycles. The van der Waals surface area contributed by atoms with Gasteiger partial charge < -0.3 is 15.0 Å². The van der Waals surface area contributed by atoms with Crippen molar-refractivity contribution in [3.05, 3.63) is 97.4 Å². The lowest BCUT2D eigenvalue weighted by molar-refractivity contribution is 0.0929. The van der Waals surface area contributed by atoms with Crippen molar-refractivity contribution in [3.8, 4) is 5.75 Å². The molecule has 1 aliphatic rings. The SMILES string of the molecule is Cn1ccc(C(=O)N[C@H]2CCC(c3ccc(Cl)c(Cl)c3)c3ccccc32)c(O)c1=O. The topological polar surface area (TPSA) is 71.3 Å². The molecule has 2 atom stereocenters. The molecule has 30 heavy (non-hydrogen) atoms. The number of nitrogens with one attached hydrogen (secondary N) is 1. The van der Waals surface area contributed by atoms with Crippen LogP contribution in [0.4, 0.5) is 0 Å². The largest absolute Gasteiger partial charge is 0.502 e. The molecule has 154 valence electrons. The number of carbonyl (C=O) groups is 1. The zero-order chi connectivity index (χ0) is 21.4. The number of carbonyl (C=O) groups excluding carboxylic acids is 1. The molecule has 4 rings (SSSR count). The molecule has 0 fully saturated rings. The molecule has 7 heteroatoms. The van der Waals surface area contributed by atoms with E-state index < -0.39 is 17.2 Å². The van der Waals surface area contributed by atoms with Crippen LogP contribution in [0, 0.1) is 0 Å². The highest BCUT2D eigenvalue weighted by atomic mass is 35.5. The van der Waals surface area contributed by atoms with E-state index in [1.54, 1.807) is 6.07 Å². The Morgan fingerprint density at radius 2 is 1.80 bits per heavy atom. The first-order valence-corrected chi connectivity index (χ1v) is 10.4. The Morgan fingerprint density at radius 3 is 2.53 bits per heavy atom. The van der Waals surface area contributed by atoms with Gasteiger partial charge in [-0.1, -0.05) is 53.5 Å². The Kier molecular flexibility index (Phi) is 5.58. The average Bonchev–Trinajstić information content (AvgIpc) is 2.74. The third-order valence-corrected chi connectivity index (χ3v) is 6.37. The maximum atomic E-state index is 12.8. The van der Waals surface area contributed by atoms with Gasteiger partial charge >= 0.3 is 0 Å². The summed E-state index contributed by atoms with van der Waals surface area (Å²) in [6.45, 7) is 0. The number of hydrogen-bond donors (Lipinski definition) is 2. The van der Waals surface area contributed by atoms with Gasteiger partial charge in [-0.15, -0.1) is 0 Å². The van der Waals surface area contributed by atoms with E-state index in [1.165, 1.54) is 23.9 Å². The van der Waals surface area contributed by atoms with E-state index >= 15 is 0 Å². The molecule has 1 aliphatic carbocycles. The summed E-state index contributed by atoms with van der Waals surface area (Å²) < 4.78 is 1.23. The van der Waals surface area contributed by atoms with Crippen molar-refractivity contribution in [3.63, 3.8) is 0 Å². The minimum absolute atomic E-state index is 0.0258. The fraction of sp³-hybridized carbons (Fsp3) is 0.217. The number of rotatable bonds is 3. The number of nitrogens with zero attached hydrogens (tertiary/aromatic N) is 1. The summed E-state index contributed by atoms with van der Waals surface area (Å²) in [5.41, 5.74) is 2.57. The highest BCUT2D eigenvalue weighted by Gasteiger charge is 2.30. The number of fused-ring (bicyclic) bond motifs is 1. The number of aromatic hydroxyl groups is 1. The third-order valence-electron chi connectivity index (χ3n) is 5.63. The fourth-order valence-electron chi connectivity index (χ4n) is 4.05. The lowest BCUT2D eigenvalue weighted by Gasteiger charge is -2.32. The van der Waals surface area contributed by atoms with Crippen molar-refractivity contribution in [2.45, 2.75) is 24.8 Å². The maximum absolute atomic E-state index is 12.8. The van der Waals surface area contributed by atoms with Crippen molar-refractivity contribution < 1.29 is 9.90 Å². The number of amides is 1. The molecular weight excluding hydrogens is 423 g/mol. The van der Waals surface area contributed by atoms with Crippen LogP contribution >= 0.6 is 23.2 Å². The van der Waals surface area contributed by atoms with Crippen molar-refractivity contribution in [2.24, 2.45) is 7.05 Å². The summed E-state index contributed by atoms with van der Waals surface area (Å²) in [5.74, 6) is -0.880. The minimum Gasteiger partial charge on any atom is -0.502 e. The Balaban J connectivity index is 1.64. The smallest absolute Gasteiger partial charge is 0.293 e. The first-order chi connectivity index (χ1) is 14.4. The van der Waals surface area contributed by atoms with Crippen LogP contribution in [0.15, 0.2) is 59.5 Å². The number of hydrogen-bond acceptors (Lipinski definition) is 3. The summed E-state index contributed by atoms with van der Waals surface area (Å²) in [5, 5.41) is 14.1. The Hall–Kier alpha value is -2.76. The first-order valence-electron chi connectivity index (χ1n) is 9.60. The molecule has 0 bridgehead atoms. The van der Waals surface area contributed by atoms with E-state index in [0.717, 1.165) is 23.1 Å². The third kappa shape index (κ3) is 3.71. The zero-order valence-corrected chi connectivity index (χ0v) is 17.7. The highest BCUT2D eigenvalue weighted by Crippen LogP contribution is 2.42. The molecule has 0 spiro atoms. The van der Waals surface area contributed by atoms with Gasteiger partial charge in [0.05, 0.1) is 21.7 Å². The Bertz CT molecular complexity index is 1190. The van der Waals surface area contributed by atoms with Crippen LogP contribution in [0.25, 0.3) is 0 Å². The maximum Gasteiger partial charge on any atom is 0.293 e. The van der Waals surface area contributed by atoms with Gasteiger partial charge in [-0.2, -0.15) is 0 Å². The van der Waals surface area contributed by atoms with E-state index in [1.807, 2.05) is 30.3 Å². The highest BCUT2D eigenvalue weighted by molar-refractivity contribution is 6.42. The minimum atomic E-state index is -0.605. The van der Waals surface area contributed by atoms with Crippen LogP contribution in [-0.4, -0.2) is 15.6 Å². The Labute approximate surface area is 183 Å². The number of halogens is 2. The van der Waals surface area contributed by atoms with Crippen LogP contribution in [0.5, 0.6) is 5.75 Å². The van der Waals surface area contributed by atoms with E-state index in [0.29, 0.717) is 16.5 Å². The molecule has 2 aromatic carbocycles. The molecule has 0 radical (unpaired) electrons. The molecule has 0 saturated carbocycles. The van der Waals surface area contributed by atoms with E-state index in [9.17, 15) is 14.7 Å². The average molecular weight is 443 g/mol. The van der Waals surface area contributed by atoms with Gasteiger partial charge in [0.1, 0.15) is 0 Å². The van der Waals surface area contributed by atoms with E-state index in [-0.39, 0.29) is 17.5 Å². The van der Waals surface area contributed by atoms with Crippen LogP contribution in [0.3, 0.4) is 0 Å². The summed E-state index contributed by atoms with van der Waals surface area (Å²) in [6.07, 6.45) is 2.98. The van der Waals surface area contributed by atoms with Crippen molar-refractivity contribution in [2.75, 3.05) is 0 Å². The number of aromatic nitrogens is 1. The van der Waals surface area contributed by atoms with Gasteiger partial charge in [0.15, 0.2) is 5.75 Å². The van der Waals surface area contributed by atoms with Crippen LogP contribution in [0.1, 0.15) is 51.8 Å². The number of benzene rings is 2. The number of aryl methyl sites for hydroxylation is 1. The molecule has 0 aliphatic heterocycles. The van der Waals surface area contributed by atoms with Crippen molar-refractivity contribution in [1.82, 2.24) is 9.88 Å². The van der Waals surface area contributed by atoms with E-state index in [4.69, 9.17) is 23.2 Å². The molecule has 1 aromatic heterocycles. The summed E-state index contributed by atoms with van der Waals surface area (Å²) in [4.78, 5) is 24.7. The molecular formula is C23H20Cl2N2O3. The summed E-state index contributed by atoms with van der Waals surface area (Å²) in [7, 11) is 1.52. The van der Waals surface area contributed by atoms with E-state index in [2.05, 4.69) is 11.4 Å². The Morgan fingerprint density at radius 1 is 1.07 bits per heavy atom. The first kappa shape index (κ1) is 20.5. The van der Waals surface area contributed by atoms with Gasteiger partial charge in [-0.05, 0) is 47.7 Å². The zero-order valence-electron chi connectivity index (χ0n) is 16.2. The summed E-state index contributed by atoms with van der Waals surface area (Å²) >= 11 is 12.3. The lowest BCUT2D eigenvalue weighted by atomic mass is 9.76. The second kappa shape index (κ2) is 8.17. The predicted molar refractivity (Wildman–Crippen MR) is 118 cm³/mol. The molecule has 5 nitrogen and oxygen atoms in total. The van der Waals surface area contributed by atoms with Crippen molar-refractivity contribution in [1.29, 1.82) is 0 Å². The van der Waals surface area contributed by atoms with Gasteiger partial charge in [-0.25, -0.2) is 0 Å². The van der Waals surface area contributed by atoms with Crippen LogP contribution in [0.2, 0.25) is 10.0 Å². The predicted octanol–water partition coefficient (Wildman–Crippen LogP) is 4.79. The molecule has 0 saturated heterocycles. The molecule has 3 aromatic rings. The molecule has 1 unspecified atom stereocenters. The molecule has 1 amide bonds. The summed E-state index contributed by atoms with van der Waals surface area (Å²) in [6, 6.07) is 14.8.